The predicted octanol–water partition coefficient (Wildman–Crippen LogP) is 6.30. The standard InChI is InChI=1S/C28H23Cl2N3O2S/c1-2-18-11-13-21(14-12-18)33-27(35)24(15-20-9-6-10-23(29)25(20)30)36-28(33)22(16-31)26(34)32-17-19-7-4-3-5-8-19/h3-14,24H,2,15,17H2,1H3,(H,32,34)/b28-22-. The van der Waals surface area contributed by atoms with Gasteiger partial charge in [0.2, 0.25) is 5.91 Å². The molecule has 0 spiro atoms. The zero-order valence-corrected chi connectivity index (χ0v) is 21.8. The fraction of sp³-hybridized carbons (Fsp3) is 0.179. The molecule has 0 radical (unpaired) electrons. The molecule has 0 bridgehead atoms. The van der Waals surface area contributed by atoms with Crippen molar-refractivity contribution in [1.29, 1.82) is 5.26 Å². The molecule has 1 unspecified atom stereocenters. The van der Waals surface area contributed by atoms with Crippen LogP contribution in [-0.2, 0) is 29.0 Å². The number of amides is 2. The molecule has 4 rings (SSSR count). The number of nitrogens with one attached hydrogen (secondary N) is 1. The number of hydrogen-bond acceptors (Lipinski definition) is 4. The highest BCUT2D eigenvalue weighted by Gasteiger charge is 2.41. The van der Waals surface area contributed by atoms with Crippen LogP contribution in [0.25, 0.3) is 0 Å². The second-order valence-corrected chi connectivity index (χ2v) is 10.2. The van der Waals surface area contributed by atoms with E-state index in [0.29, 0.717) is 27.2 Å². The lowest BCUT2D eigenvalue weighted by Crippen LogP contribution is -2.32. The lowest BCUT2D eigenvalue weighted by atomic mass is 10.1. The summed E-state index contributed by atoms with van der Waals surface area (Å²) < 4.78 is 0. The van der Waals surface area contributed by atoms with Crippen LogP contribution in [0, 0.1) is 11.3 Å². The fourth-order valence-electron chi connectivity index (χ4n) is 3.88. The maximum Gasteiger partial charge on any atom is 0.264 e. The minimum Gasteiger partial charge on any atom is -0.347 e. The quantitative estimate of drug-likeness (QED) is 0.284. The molecule has 0 saturated carbocycles. The van der Waals surface area contributed by atoms with Gasteiger partial charge in [0.25, 0.3) is 5.91 Å². The zero-order valence-electron chi connectivity index (χ0n) is 19.5. The largest absolute Gasteiger partial charge is 0.347 e. The molecule has 36 heavy (non-hydrogen) atoms. The number of hydrogen-bond donors (Lipinski definition) is 1. The van der Waals surface area contributed by atoms with E-state index in [4.69, 9.17) is 23.2 Å². The molecule has 2 amide bonds. The summed E-state index contributed by atoms with van der Waals surface area (Å²) in [4.78, 5) is 28.2. The molecular formula is C28H23Cl2N3O2S. The molecule has 1 heterocycles. The molecule has 3 aromatic carbocycles. The minimum absolute atomic E-state index is 0.108. The average Bonchev–Trinajstić information content (AvgIpc) is 3.21. The number of benzene rings is 3. The van der Waals surface area contributed by atoms with Crippen LogP contribution in [0.1, 0.15) is 23.6 Å². The second kappa shape index (κ2) is 11.7. The van der Waals surface area contributed by atoms with E-state index in [2.05, 4.69) is 5.32 Å². The highest BCUT2D eigenvalue weighted by Crippen LogP contribution is 2.43. The summed E-state index contributed by atoms with van der Waals surface area (Å²) in [5, 5.41) is 13.3. The summed E-state index contributed by atoms with van der Waals surface area (Å²) in [5.41, 5.74) is 3.24. The number of anilines is 1. The highest BCUT2D eigenvalue weighted by molar-refractivity contribution is 8.05. The van der Waals surface area contributed by atoms with Crippen molar-refractivity contribution in [1.82, 2.24) is 5.32 Å². The van der Waals surface area contributed by atoms with Crippen molar-refractivity contribution in [3.8, 4) is 6.07 Å². The van der Waals surface area contributed by atoms with Crippen molar-refractivity contribution in [2.45, 2.75) is 31.6 Å². The Bertz CT molecular complexity index is 1350. The first-order chi connectivity index (χ1) is 17.4. The van der Waals surface area contributed by atoms with E-state index in [0.717, 1.165) is 23.1 Å². The van der Waals surface area contributed by atoms with Gasteiger partial charge in [0, 0.05) is 12.2 Å². The third-order valence-electron chi connectivity index (χ3n) is 5.84. The van der Waals surface area contributed by atoms with Crippen LogP contribution in [-0.4, -0.2) is 17.1 Å². The van der Waals surface area contributed by atoms with Gasteiger partial charge in [0.05, 0.1) is 15.3 Å². The van der Waals surface area contributed by atoms with Gasteiger partial charge in [-0.2, -0.15) is 5.26 Å². The Morgan fingerprint density at radius 2 is 1.75 bits per heavy atom. The van der Waals surface area contributed by atoms with Crippen LogP contribution in [0.2, 0.25) is 10.0 Å². The zero-order chi connectivity index (χ0) is 25.7. The van der Waals surface area contributed by atoms with Gasteiger partial charge in [-0.05, 0) is 47.7 Å². The first-order valence-electron chi connectivity index (χ1n) is 11.4. The minimum atomic E-state index is -0.577. The third-order valence-corrected chi connectivity index (χ3v) is 7.96. The lowest BCUT2D eigenvalue weighted by molar-refractivity contribution is -0.117. The van der Waals surface area contributed by atoms with Crippen LogP contribution < -0.4 is 10.2 Å². The van der Waals surface area contributed by atoms with E-state index in [1.165, 1.54) is 16.7 Å². The Hall–Kier alpha value is -3.24. The number of carbonyl (C=O) groups excluding carboxylic acids is 2. The first kappa shape index (κ1) is 25.8. The van der Waals surface area contributed by atoms with Crippen LogP contribution in [0.3, 0.4) is 0 Å². The van der Waals surface area contributed by atoms with Gasteiger partial charge in [-0.3, -0.25) is 14.5 Å². The maximum absolute atomic E-state index is 13.6. The number of halogens is 2. The monoisotopic (exact) mass is 535 g/mol. The second-order valence-electron chi connectivity index (χ2n) is 8.18. The Kier molecular flexibility index (Phi) is 8.37. The Morgan fingerprint density at radius 3 is 2.42 bits per heavy atom. The van der Waals surface area contributed by atoms with Crippen molar-refractivity contribution in [2.24, 2.45) is 0 Å². The molecule has 1 aliphatic heterocycles. The molecule has 8 heteroatoms. The van der Waals surface area contributed by atoms with Gasteiger partial charge in [0.15, 0.2) is 0 Å². The Balaban J connectivity index is 1.69. The molecule has 1 N–H and O–H groups in total. The third kappa shape index (κ3) is 5.60. The van der Waals surface area contributed by atoms with Gasteiger partial charge < -0.3 is 5.32 Å². The molecular weight excluding hydrogens is 513 g/mol. The van der Waals surface area contributed by atoms with Crippen molar-refractivity contribution >= 4 is 52.5 Å². The summed E-state index contributed by atoms with van der Waals surface area (Å²) in [7, 11) is 0. The van der Waals surface area contributed by atoms with Crippen molar-refractivity contribution in [2.75, 3.05) is 4.90 Å². The van der Waals surface area contributed by atoms with E-state index in [1.54, 1.807) is 12.1 Å². The van der Waals surface area contributed by atoms with Crippen LogP contribution in [0.4, 0.5) is 5.69 Å². The van der Waals surface area contributed by atoms with E-state index < -0.39 is 11.2 Å². The van der Waals surface area contributed by atoms with E-state index in [9.17, 15) is 14.9 Å². The number of nitrogens with zero attached hydrogens (tertiary/aromatic N) is 2. The predicted molar refractivity (Wildman–Crippen MR) is 146 cm³/mol. The van der Waals surface area contributed by atoms with Gasteiger partial charge in [-0.1, -0.05) is 96.5 Å². The molecule has 5 nitrogen and oxygen atoms in total. The van der Waals surface area contributed by atoms with Crippen molar-refractivity contribution < 1.29 is 9.59 Å². The SMILES string of the molecule is CCc1ccc(N2C(=O)C(Cc3cccc(Cl)c3Cl)S/C2=C(/C#N)C(=O)NCc2ccccc2)cc1. The van der Waals surface area contributed by atoms with Crippen molar-refractivity contribution in [3.05, 3.63) is 110 Å². The topological polar surface area (TPSA) is 73.2 Å². The number of rotatable bonds is 7. The molecule has 0 aliphatic carbocycles. The van der Waals surface area contributed by atoms with Gasteiger partial charge in [-0.25, -0.2) is 0 Å². The lowest BCUT2D eigenvalue weighted by Gasteiger charge is -2.19. The number of aryl methyl sites for hydroxylation is 1. The van der Waals surface area contributed by atoms with Crippen LogP contribution >= 0.6 is 35.0 Å². The maximum atomic E-state index is 13.6. The van der Waals surface area contributed by atoms with Crippen LogP contribution in [0.15, 0.2) is 83.4 Å². The summed E-state index contributed by atoms with van der Waals surface area (Å²) in [6, 6.07) is 24.3. The summed E-state index contributed by atoms with van der Waals surface area (Å²) in [6.07, 6.45) is 1.16. The number of thioether (sulfide) groups is 1. The molecule has 1 fully saturated rings. The van der Waals surface area contributed by atoms with Gasteiger partial charge in [-0.15, -0.1) is 0 Å². The summed E-state index contributed by atoms with van der Waals surface area (Å²) >= 11 is 13.8. The van der Waals surface area contributed by atoms with Crippen LogP contribution in [0.5, 0.6) is 0 Å². The normalized spacial score (nSPS) is 16.6. The van der Waals surface area contributed by atoms with Crippen molar-refractivity contribution in [3.63, 3.8) is 0 Å². The highest BCUT2D eigenvalue weighted by atomic mass is 35.5. The summed E-state index contributed by atoms with van der Waals surface area (Å²) in [6.45, 7) is 2.32. The molecule has 1 saturated heterocycles. The van der Waals surface area contributed by atoms with E-state index in [1.807, 2.05) is 73.7 Å². The molecule has 3 aromatic rings. The number of carbonyl (C=O) groups is 2. The fourth-order valence-corrected chi connectivity index (χ4v) is 5.57. The molecule has 182 valence electrons. The molecule has 0 aromatic heterocycles. The average molecular weight is 536 g/mol. The Morgan fingerprint density at radius 1 is 1.03 bits per heavy atom. The van der Waals surface area contributed by atoms with Gasteiger partial charge in [0.1, 0.15) is 16.7 Å². The smallest absolute Gasteiger partial charge is 0.264 e. The first-order valence-corrected chi connectivity index (χ1v) is 13.1. The Labute approximate surface area is 224 Å². The summed E-state index contributed by atoms with van der Waals surface area (Å²) in [5.74, 6) is -0.757. The van der Waals surface area contributed by atoms with Gasteiger partial charge >= 0.3 is 0 Å². The molecule has 1 atom stereocenters. The number of nitriles is 1. The molecule has 1 aliphatic rings. The van der Waals surface area contributed by atoms with E-state index in [-0.39, 0.29) is 18.0 Å². The van der Waals surface area contributed by atoms with E-state index >= 15 is 0 Å².